The molecule has 0 amide bonds. The van der Waals surface area contributed by atoms with E-state index < -0.39 is 5.97 Å². The van der Waals surface area contributed by atoms with Gasteiger partial charge in [-0.05, 0) is 60.0 Å². The predicted molar refractivity (Wildman–Crippen MR) is 174 cm³/mol. The van der Waals surface area contributed by atoms with Crippen molar-refractivity contribution >= 4 is 60.5 Å². The molecule has 1 heterocycles. The summed E-state index contributed by atoms with van der Waals surface area (Å²) < 4.78 is 2.15. The molecule has 0 aliphatic carbocycles. The third-order valence-electron chi connectivity index (χ3n) is 7.16. The maximum Gasteiger partial charge on any atom is 0.346 e. The Hall–Kier alpha value is -5.44. The van der Waals surface area contributed by atoms with Crippen molar-refractivity contribution < 1.29 is 9.90 Å². The van der Waals surface area contributed by atoms with E-state index in [0.717, 1.165) is 48.2 Å². The summed E-state index contributed by atoms with van der Waals surface area (Å²) in [6, 6.07) is 43.4. The Labute approximate surface area is 248 Å². The van der Waals surface area contributed by atoms with Crippen LogP contribution in [0.1, 0.15) is 22.3 Å². The third-order valence-corrected chi connectivity index (χ3v) is 8.28. The minimum absolute atomic E-state index is 0.286. The second kappa shape index (κ2) is 11.6. The molecule has 0 aliphatic rings. The van der Waals surface area contributed by atoms with Crippen molar-refractivity contribution in [3.8, 4) is 6.07 Å². The topological polar surface area (TPSA) is 64.3 Å². The highest BCUT2D eigenvalue weighted by Gasteiger charge is 2.15. The average Bonchev–Trinajstić information content (AvgIpc) is 3.38. The van der Waals surface area contributed by atoms with Crippen molar-refractivity contribution in [2.24, 2.45) is 0 Å². The van der Waals surface area contributed by atoms with E-state index in [2.05, 4.69) is 109 Å². The highest BCUT2D eigenvalue weighted by Crippen LogP contribution is 2.39. The summed E-state index contributed by atoms with van der Waals surface area (Å²) in [6.45, 7) is 2.09. The van der Waals surface area contributed by atoms with Gasteiger partial charge >= 0.3 is 5.97 Å². The molecule has 0 atom stereocenters. The van der Waals surface area contributed by atoms with Gasteiger partial charge in [0.1, 0.15) is 11.6 Å². The number of carbonyl (C=O) groups is 1. The first-order valence-corrected chi connectivity index (χ1v) is 14.3. The monoisotopic (exact) mass is 562 g/mol. The number of nitrogens with zero attached hydrogens (tertiary/aromatic N) is 2. The number of thiophene rings is 1. The molecule has 0 aliphatic heterocycles. The summed E-state index contributed by atoms with van der Waals surface area (Å²) in [4.78, 5) is 13.6. The smallest absolute Gasteiger partial charge is 0.346 e. The van der Waals surface area contributed by atoms with Crippen LogP contribution >= 0.6 is 11.3 Å². The van der Waals surface area contributed by atoms with Crippen molar-refractivity contribution in [3.05, 3.63) is 155 Å². The predicted octanol–water partition coefficient (Wildman–Crippen LogP) is 9.58. The van der Waals surface area contributed by atoms with Crippen LogP contribution in [0.3, 0.4) is 0 Å². The van der Waals surface area contributed by atoms with E-state index in [1.165, 1.54) is 11.6 Å². The molecule has 6 aromatic rings. The van der Waals surface area contributed by atoms with E-state index in [4.69, 9.17) is 0 Å². The van der Waals surface area contributed by atoms with Crippen molar-refractivity contribution in [1.82, 2.24) is 0 Å². The highest BCUT2D eigenvalue weighted by molar-refractivity contribution is 7.25. The molecule has 0 spiro atoms. The number of anilines is 2. The Morgan fingerprint density at radius 2 is 1.33 bits per heavy atom. The molecule has 42 heavy (non-hydrogen) atoms. The molecule has 0 bridgehead atoms. The lowest BCUT2D eigenvalue weighted by Crippen LogP contribution is -2.10. The Bertz CT molecular complexity index is 1970. The summed E-state index contributed by atoms with van der Waals surface area (Å²) in [5, 5.41) is 20.7. The zero-order valence-electron chi connectivity index (χ0n) is 22.9. The van der Waals surface area contributed by atoms with Crippen LogP contribution in [-0.2, 0) is 4.79 Å². The fourth-order valence-electron chi connectivity index (χ4n) is 5.01. The number of carboxylic acid groups (broad SMARTS) is 1. The summed E-state index contributed by atoms with van der Waals surface area (Å²) in [6.07, 6.45) is 3.62. The molecule has 0 saturated heterocycles. The number of hydrogen-bond acceptors (Lipinski definition) is 4. The number of aryl methyl sites for hydroxylation is 1. The largest absolute Gasteiger partial charge is 0.477 e. The number of nitriles is 1. The SMILES string of the molecule is Cc1ccc(N(C=C(c2ccccc2)c2ccccc2)c2ccc3c(c2)sc2cc(/C=C(\C#N)C(=O)O)ccc23)cc1. The Balaban J connectivity index is 1.51. The molecule has 0 saturated carbocycles. The van der Waals surface area contributed by atoms with E-state index in [1.807, 2.05) is 30.3 Å². The van der Waals surface area contributed by atoms with Gasteiger partial charge in [0.25, 0.3) is 0 Å². The Kier molecular flexibility index (Phi) is 7.38. The quantitative estimate of drug-likeness (QED) is 0.155. The molecule has 4 nitrogen and oxygen atoms in total. The first-order chi connectivity index (χ1) is 20.5. The summed E-state index contributed by atoms with van der Waals surface area (Å²) in [5.41, 5.74) is 7.04. The molecule has 5 heteroatoms. The minimum atomic E-state index is -1.23. The van der Waals surface area contributed by atoms with Gasteiger partial charge in [0, 0.05) is 43.3 Å². The molecular formula is C37H26N2O2S. The lowest BCUT2D eigenvalue weighted by atomic mass is 9.98. The molecule has 0 fully saturated rings. The minimum Gasteiger partial charge on any atom is -0.477 e. The van der Waals surface area contributed by atoms with Gasteiger partial charge < -0.3 is 10.0 Å². The maximum absolute atomic E-state index is 11.3. The Morgan fingerprint density at radius 1 is 0.762 bits per heavy atom. The molecule has 1 N–H and O–H groups in total. The number of aliphatic carboxylic acids is 1. The van der Waals surface area contributed by atoms with Crippen LogP contribution in [0.15, 0.2) is 133 Å². The van der Waals surface area contributed by atoms with Gasteiger partial charge in [-0.3, -0.25) is 0 Å². The van der Waals surface area contributed by atoms with Crippen LogP contribution in [0, 0.1) is 18.3 Å². The lowest BCUT2D eigenvalue weighted by molar-refractivity contribution is -0.132. The molecule has 1 aromatic heterocycles. The van der Waals surface area contributed by atoms with E-state index in [-0.39, 0.29) is 5.57 Å². The average molecular weight is 563 g/mol. The maximum atomic E-state index is 11.3. The van der Waals surface area contributed by atoms with E-state index in [9.17, 15) is 15.2 Å². The molecule has 0 unspecified atom stereocenters. The molecule has 202 valence electrons. The van der Waals surface area contributed by atoms with Crippen molar-refractivity contribution in [2.75, 3.05) is 4.90 Å². The molecule has 6 rings (SSSR count). The van der Waals surface area contributed by atoms with Crippen molar-refractivity contribution in [2.45, 2.75) is 6.92 Å². The molecular weight excluding hydrogens is 536 g/mol. The summed E-state index contributed by atoms with van der Waals surface area (Å²) >= 11 is 1.65. The van der Waals surface area contributed by atoms with Gasteiger partial charge in [0.15, 0.2) is 0 Å². The normalized spacial score (nSPS) is 11.3. The van der Waals surface area contributed by atoms with Gasteiger partial charge in [0.2, 0.25) is 0 Å². The fraction of sp³-hybridized carbons (Fsp3) is 0.0270. The Morgan fingerprint density at radius 3 is 1.93 bits per heavy atom. The van der Waals surface area contributed by atoms with Crippen LogP contribution < -0.4 is 4.90 Å². The van der Waals surface area contributed by atoms with Crippen LogP contribution in [-0.4, -0.2) is 11.1 Å². The number of carboxylic acids is 1. The van der Waals surface area contributed by atoms with Gasteiger partial charge in [-0.1, -0.05) is 96.6 Å². The number of fused-ring (bicyclic) bond motifs is 3. The third kappa shape index (κ3) is 5.44. The zero-order chi connectivity index (χ0) is 29.1. The molecule has 5 aromatic carbocycles. The molecule has 0 radical (unpaired) electrons. The summed E-state index contributed by atoms with van der Waals surface area (Å²) in [5.74, 6) is -1.23. The van der Waals surface area contributed by atoms with E-state index >= 15 is 0 Å². The van der Waals surface area contributed by atoms with Crippen molar-refractivity contribution in [3.63, 3.8) is 0 Å². The first-order valence-electron chi connectivity index (χ1n) is 13.5. The van der Waals surface area contributed by atoms with Gasteiger partial charge in [-0.15, -0.1) is 11.3 Å². The van der Waals surface area contributed by atoms with Gasteiger partial charge in [0.05, 0.1) is 0 Å². The van der Waals surface area contributed by atoms with Gasteiger partial charge in [-0.25, -0.2) is 4.79 Å². The summed E-state index contributed by atoms with van der Waals surface area (Å²) in [7, 11) is 0. The van der Waals surface area contributed by atoms with Crippen molar-refractivity contribution in [1.29, 1.82) is 5.26 Å². The second-order valence-corrected chi connectivity index (χ2v) is 11.1. The van der Waals surface area contributed by atoms with Crippen LogP contribution in [0.25, 0.3) is 31.8 Å². The van der Waals surface area contributed by atoms with E-state index in [0.29, 0.717) is 5.56 Å². The second-order valence-electron chi connectivity index (χ2n) is 9.99. The highest BCUT2D eigenvalue weighted by atomic mass is 32.1. The first kappa shape index (κ1) is 26.8. The van der Waals surface area contributed by atoms with Gasteiger partial charge in [-0.2, -0.15) is 5.26 Å². The number of hydrogen-bond donors (Lipinski definition) is 1. The van der Waals surface area contributed by atoms with Crippen LogP contribution in [0.5, 0.6) is 0 Å². The van der Waals surface area contributed by atoms with Crippen LogP contribution in [0.4, 0.5) is 11.4 Å². The zero-order valence-corrected chi connectivity index (χ0v) is 23.7. The van der Waals surface area contributed by atoms with E-state index in [1.54, 1.807) is 17.4 Å². The number of rotatable bonds is 7. The standard InChI is InChI=1S/C37H26N2O2S/c1-25-12-15-30(16-13-25)39(24-34(27-8-4-2-5-9-27)28-10-6-3-7-11-28)31-17-19-33-32-18-14-26(20-29(23-38)37(40)41)21-35(32)42-36(33)22-31/h2-22,24H,1H3,(H,40,41)/b29-20+. The lowest BCUT2D eigenvalue weighted by Gasteiger charge is -2.24. The van der Waals surface area contributed by atoms with Crippen LogP contribution in [0.2, 0.25) is 0 Å². The number of benzene rings is 5. The fourth-order valence-corrected chi connectivity index (χ4v) is 6.20.